The maximum Gasteiger partial charge on any atom is 0.152 e. The molecule has 88 valence electrons. The Bertz CT molecular complexity index is 232. The Morgan fingerprint density at radius 2 is 2.07 bits per heavy atom. The number of rotatable bonds is 2. The van der Waals surface area contributed by atoms with Crippen LogP contribution in [0.25, 0.3) is 0 Å². The molecule has 1 N–H and O–H groups in total. The van der Waals surface area contributed by atoms with Crippen molar-refractivity contribution < 1.29 is 9.90 Å². The SMILES string of the molecule is CC1CN(CC(=O)C(C)(C)C)CCC1O. The van der Waals surface area contributed by atoms with E-state index >= 15 is 0 Å². The van der Waals surface area contributed by atoms with Crippen LogP contribution in [0.4, 0.5) is 0 Å². The first-order chi connectivity index (χ1) is 6.80. The number of aliphatic hydroxyl groups excluding tert-OH is 1. The Morgan fingerprint density at radius 1 is 1.47 bits per heavy atom. The summed E-state index contributed by atoms with van der Waals surface area (Å²) >= 11 is 0. The lowest BCUT2D eigenvalue weighted by Gasteiger charge is -2.35. The number of nitrogens with zero attached hydrogens (tertiary/aromatic N) is 1. The van der Waals surface area contributed by atoms with Crippen molar-refractivity contribution in [2.24, 2.45) is 11.3 Å². The lowest BCUT2D eigenvalue weighted by atomic mass is 9.89. The summed E-state index contributed by atoms with van der Waals surface area (Å²) in [4.78, 5) is 14.0. The van der Waals surface area contributed by atoms with Crippen LogP contribution >= 0.6 is 0 Å². The largest absolute Gasteiger partial charge is 0.393 e. The molecule has 0 aromatic heterocycles. The highest BCUT2D eigenvalue weighted by Gasteiger charge is 2.28. The summed E-state index contributed by atoms with van der Waals surface area (Å²) in [7, 11) is 0. The molecule has 0 amide bonds. The third-order valence-electron chi connectivity index (χ3n) is 3.15. The zero-order valence-corrected chi connectivity index (χ0v) is 10.3. The van der Waals surface area contributed by atoms with E-state index in [0.717, 1.165) is 19.5 Å². The molecule has 1 fully saturated rings. The number of carbonyl (C=O) groups is 1. The predicted octanol–water partition coefficient (Wildman–Crippen LogP) is 1.30. The Balaban J connectivity index is 2.44. The van der Waals surface area contributed by atoms with Crippen LogP contribution in [0.3, 0.4) is 0 Å². The molecule has 2 unspecified atom stereocenters. The summed E-state index contributed by atoms with van der Waals surface area (Å²) in [6, 6.07) is 0. The second-order valence-corrected chi connectivity index (χ2v) is 5.74. The summed E-state index contributed by atoms with van der Waals surface area (Å²) in [6.45, 7) is 10.1. The first kappa shape index (κ1) is 12.7. The minimum absolute atomic E-state index is 0.189. The molecule has 0 saturated carbocycles. The molecule has 0 aliphatic carbocycles. The van der Waals surface area contributed by atoms with E-state index in [-0.39, 0.29) is 23.2 Å². The van der Waals surface area contributed by atoms with Gasteiger partial charge in [-0.25, -0.2) is 0 Å². The summed E-state index contributed by atoms with van der Waals surface area (Å²) < 4.78 is 0. The van der Waals surface area contributed by atoms with Crippen LogP contribution in [0.1, 0.15) is 34.1 Å². The molecule has 1 saturated heterocycles. The van der Waals surface area contributed by atoms with Crippen molar-refractivity contribution in [1.29, 1.82) is 0 Å². The molecule has 2 atom stereocenters. The van der Waals surface area contributed by atoms with Crippen LogP contribution < -0.4 is 0 Å². The Labute approximate surface area is 92.5 Å². The number of hydrogen-bond acceptors (Lipinski definition) is 3. The van der Waals surface area contributed by atoms with Gasteiger partial charge in [0.25, 0.3) is 0 Å². The molecule has 0 bridgehead atoms. The van der Waals surface area contributed by atoms with Gasteiger partial charge in [-0.15, -0.1) is 0 Å². The maximum absolute atomic E-state index is 11.8. The molecule has 3 heteroatoms. The fourth-order valence-electron chi connectivity index (χ4n) is 1.80. The van der Waals surface area contributed by atoms with E-state index in [1.54, 1.807) is 0 Å². The molecule has 0 radical (unpaired) electrons. The molecule has 0 spiro atoms. The summed E-state index contributed by atoms with van der Waals surface area (Å²) in [5.74, 6) is 0.567. The van der Waals surface area contributed by atoms with Crippen molar-refractivity contribution in [1.82, 2.24) is 4.90 Å². The molecule has 1 heterocycles. The number of ketones is 1. The minimum atomic E-state index is -0.251. The number of hydrogen-bond donors (Lipinski definition) is 1. The summed E-state index contributed by atoms with van der Waals surface area (Å²) in [5, 5.41) is 9.58. The first-order valence-corrected chi connectivity index (χ1v) is 5.74. The number of aliphatic hydroxyl groups is 1. The Morgan fingerprint density at radius 3 is 2.53 bits per heavy atom. The van der Waals surface area contributed by atoms with Crippen molar-refractivity contribution >= 4 is 5.78 Å². The maximum atomic E-state index is 11.8. The highest BCUT2D eigenvalue weighted by molar-refractivity contribution is 5.85. The third-order valence-corrected chi connectivity index (χ3v) is 3.15. The highest BCUT2D eigenvalue weighted by Crippen LogP contribution is 2.19. The first-order valence-electron chi connectivity index (χ1n) is 5.74. The number of likely N-dealkylation sites (tertiary alicyclic amines) is 1. The highest BCUT2D eigenvalue weighted by atomic mass is 16.3. The van der Waals surface area contributed by atoms with Gasteiger partial charge in [0.1, 0.15) is 0 Å². The molecule has 3 nitrogen and oxygen atoms in total. The Kier molecular flexibility index (Phi) is 3.90. The molecule has 0 aromatic rings. The number of carbonyl (C=O) groups excluding carboxylic acids is 1. The zero-order chi connectivity index (χ0) is 11.6. The quantitative estimate of drug-likeness (QED) is 0.751. The van der Waals surface area contributed by atoms with Gasteiger partial charge in [0.2, 0.25) is 0 Å². The lowest BCUT2D eigenvalue weighted by Crippen LogP contribution is -2.45. The van der Waals surface area contributed by atoms with Crippen LogP contribution in [0.15, 0.2) is 0 Å². The monoisotopic (exact) mass is 213 g/mol. The van der Waals surface area contributed by atoms with Crippen LogP contribution in [-0.2, 0) is 4.79 Å². The van der Waals surface area contributed by atoms with Crippen molar-refractivity contribution in [3.8, 4) is 0 Å². The zero-order valence-electron chi connectivity index (χ0n) is 10.3. The molecule has 15 heavy (non-hydrogen) atoms. The van der Waals surface area contributed by atoms with Gasteiger partial charge in [0, 0.05) is 18.5 Å². The lowest BCUT2D eigenvalue weighted by molar-refractivity contribution is -0.128. The van der Waals surface area contributed by atoms with Gasteiger partial charge in [-0.2, -0.15) is 0 Å². The minimum Gasteiger partial charge on any atom is -0.393 e. The standard InChI is InChI=1S/C12H23NO2/c1-9-7-13(6-5-10(9)14)8-11(15)12(2,3)4/h9-10,14H,5-8H2,1-4H3. The normalized spacial score (nSPS) is 29.1. The van der Waals surface area contributed by atoms with Gasteiger partial charge >= 0.3 is 0 Å². The van der Waals surface area contributed by atoms with Gasteiger partial charge < -0.3 is 5.11 Å². The molecule has 1 rings (SSSR count). The van der Waals surface area contributed by atoms with E-state index in [9.17, 15) is 9.90 Å². The van der Waals surface area contributed by atoms with Gasteiger partial charge in [-0.05, 0) is 12.3 Å². The van der Waals surface area contributed by atoms with Crippen LogP contribution in [-0.4, -0.2) is 41.5 Å². The second-order valence-electron chi connectivity index (χ2n) is 5.74. The molecule has 1 aliphatic heterocycles. The van der Waals surface area contributed by atoms with E-state index in [0.29, 0.717) is 6.54 Å². The molecule has 1 aliphatic rings. The van der Waals surface area contributed by atoms with E-state index in [2.05, 4.69) is 4.90 Å². The van der Waals surface area contributed by atoms with Crippen molar-refractivity contribution in [3.63, 3.8) is 0 Å². The average Bonchev–Trinajstić information content (AvgIpc) is 2.10. The average molecular weight is 213 g/mol. The number of piperidine rings is 1. The van der Waals surface area contributed by atoms with Crippen molar-refractivity contribution in [2.45, 2.75) is 40.2 Å². The van der Waals surface area contributed by atoms with Gasteiger partial charge in [0.15, 0.2) is 5.78 Å². The molecular weight excluding hydrogens is 190 g/mol. The van der Waals surface area contributed by atoms with Gasteiger partial charge in [0.05, 0.1) is 12.6 Å². The van der Waals surface area contributed by atoms with Crippen LogP contribution in [0, 0.1) is 11.3 Å². The van der Waals surface area contributed by atoms with Crippen LogP contribution in [0.5, 0.6) is 0 Å². The van der Waals surface area contributed by atoms with Crippen molar-refractivity contribution in [2.75, 3.05) is 19.6 Å². The van der Waals surface area contributed by atoms with E-state index < -0.39 is 0 Å². The number of Topliss-reactive ketones (excluding diaryl/α,β-unsaturated/α-hetero) is 1. The predicted molar refractivity (Wildman–Crippen MR) is 60.7 cm³/mol. The smallest absolute Gasteiger partial charge is 0.152 e. The second kappa shape index (κ2) is 4.62. The Hall–Kier alpha value is -0.410. The van der Waals surface area contributed by atoms with Gasteiger partial charge in [-0.1, -0.05) is 27.7 Å². The summed E-state index contributed by atoms with van der Waals surface area (Å²) in [5.41, 5.74) is -0.251. The van der Waals surface area contributed by atoms with Gasteiger partial charge in [-0.3, -0.25) is 9.69 Å². The van der Waals surface area contributed by atoms with Crippen molar-refractivity contribution in [3.05, 3.63) is 0 Å². The van der Waals surface area contributed by atoms with Crippen LogP contribution in [0.2, 0.25) is 0 Å². The van der Waals surface area contributed by atoms with E-state index in [4.69, 9.17) is 0 Å². The molecule has 0 aromatic carbocycles. The fraction of sp³-hybridized carbons (Fsp3) is 0.917. The molecular formula is C12H23NO2. The third kappa shape index (κ3) is 3.58. The fourth-order valence-corrected chi connectivity index (χ4v) is 1.80. The van der Waals surface area contributed by atoms with E-state index in [1.165, 1.54) is 0 Å². The van der Waals surface area contributed by atoms with E-state index in [1.807, 2.05) is 27.7 Å². The summed E-state index contributed by atoms with van der Waals surface area (Å²) in [6.07, 6.45) is 0.601. The topological polar surface area (TPSA) is 40.5 Å².